The molecule has 1 aliphatic rings. The minimum Gasteiger partial charge on any atom is -0.392 e. The van der Waals surface area contributed by atoms with Crippen LogP contribution in [0.5, 0.6) is 0 Å². The number of rotatable bonds is 10. The van der Waals surface area contributed by atoms with E-state index in [1.165, 1.54) is 0 Å². The first-order valence-electron chi connectivity index (χ1n) is 13.3. The molecule has 7 nitrogen and oxygen atoms in total. The second-order valence-electron chi connectivity index (χ2n) is 10.0. The Hall–Kier alpha value is -3.41. The van der Waals surface area contributed by atoms with E-state index >= 15 is 0 Å². The summed E-state index contributed by atoms with van der Waals surface area (Å²) in [5.41, 5.74) is 4.04. The molecule has 2 atom stereocenters. The molecule has 1 aliphatic heterocycles. The van der Waals surface area contributed by atoms with Crippen molar-refractivity contribution in [3.05, 3.63) is 87.9 Å². The van der Waals surface area contributed by atoms with E-state index in [2.05, 4.69) is 16.3 Å². The largest absolute Gasteiger partial charge is 0.392 e. The minimum absolute atomic E-state index is 0.127. The predicted molar refractivity (Wildman–Crippen MR) is 158 cm³/mol. The molecule has 9 heteroatoms. The number of halogens is 2. The third-order valence-electron chi connectivity index (χ3n) is 7.11. The molecule has 2 unspecified atom stereocenters. The Labute approximate surface area is 244 Å². The van der Waals surface area contributed by atoms with Crippen LogP contribution in [0.25, 0.3) is 11.1 Å². The summed E-state index contributed by atoms with van der Waals surface area (Å²) in [6, 6.07) is 21.7. The number of hydrogen-bond donors (Lipinski definition) is 2. The van der Waals surface area contributed by atoms with E-state index in [-0.39, 0.29) is 24.3 Å². The third-order valence-corrected chi connectivity index (χ3v) is 7.54. The van der Waals surface area contributed by atoms with Crippen LogP contribution in [0.15, 0.2) is 66.7 Å². The second kappa shape index (κ2) is 13.8. The minimum atomic E-state index is -0.734. The van der Waals surface area contributed by atoms with Crippen molar-refractivity contribution in [3.63, 3.8) is 0 Å². The van der Waals surface area contributed by atoms with Gasteiger partial charge >= 0.3 is 0 Å². The van der Waals surface area contributed by atoms with Gasteiger partial charge in [0.15, 0.2) is 0 Å². The molecular formula is C31H32Cl2N4O3. The maximum Gasteiger partial charge on any atom is 0.246 e. The highest BCUT2D eigenvalue weighted by Gasteiger charge is 2.27. The van der Waals surface area contributed by atoms with Crippen molar-refractivity contribution in [2.45, 2.75) is 38.3 Å². The monoisotopic (exact) mass is 578 g/mol. The van der Waals surface area contributed by atoms with E-state index in [1.54, 1.807) is 36.1 Å². The van der Waals surface area contributed by atoms with Crippen LogP contribution in [-0.2, 0) is 16.0 Å². The second-order valence-corrected chi connectivity index (χ2v) is 10.9. The number of hydrogen-bond acceptors (Lipinski definition) is 5. The highest BCUT2D eigenvalue weighted by molar-refractivity contribution is 6.35. The molecule has 2 amide bonds. The number of benzene rings is 3. The summed E-state index contributed by atoms with van der Waals surface area (Å²) >= 11 is 12.2. The van der Waals surface area contributed by atoms with Gasteiger partial charge in [0.1, 0.15) is 6.04 Å². The van der Waals surface area contributed by atoms with Crippen LogP contribution in [0.2, 0.25) is 10.0 Å². The number of β-amino-alcohol motifs (C(OH)–C–C–N with tert-alkyl or cyclic N) is 1. The first-order valence-corrected chi connectivity index (χ1v) is 14.0. The van der Waals surface area contributed by atoms with Gasteiger partial charge in [-0.1, -0.05) is 59.6 Å². The Kier molecular flexibility index (Phi) is 10.2. The van der Waals surface area contributed by atoms with Crippen molar-refractivity contribution in [1.29, 1.82) is 5.26 Å². The van der Waals surface area contributed by atoms with Gasteiger partial charge in [0.2, 0.25) is 11.8 Å². The molecule has 0 radical (unpaired) electrons. The smallest absolute Gasteiger partial charge is 0.246 e. The summed E-state index contributed by atoms with van der Waals surface area (Å²) in [6.45, 7) is 3.91. The first kappa shape index (κ1) is 29.6. The summed E-state index contributed by atoms with van der Waals surface area (Å²) < 4.78 is 0. The van der Waals surface area contributed by atoms with Crippen molar-refractivity contribution in [2.24, 2.45) is 0 Å². The van der Waals surface area contributed by atoms with Crippen LogP contribution < -0.4 is 5.32 Å². The molecule has 208 valence electrons. The highest BCUT2D eigenvalue weighted by atomic mass is 35.5. The molecule has 0 saturated carbocycles. The van der Waals surface area contributed by atoms with Gasteiger partial charge in [0.05, 0.1) is 17.7 Å². The van der Waals surface area contributed by atoms with E-state index in [4.69, 9.17) is 23.2 Å². The number of aliphatic hydroxyl groups excluding tert-OH is 1. The fourth-order valence-corrected chi connectivity index (χ4v) is 5.37. The average molecular weight is 580 g/mol. The average Bonchev–Trinajstić information content (AvgIpc) is 3.36. The molecule has 0 aromatic heterocycles. The lowest BCUT2D eigenvalue weighted by Crippen LogP contribution is -2.47. The number of nitriles is 1. The van der Waals surface area contributed by atoms with Gasteiger partial charge < -0.3 is 20.2 Å². The standard InChI is InChI=1S/C31H32Cl2N4O3/c1-21(31(40)35-28-17-26(32)16-27(33)18-28)37(30(39)11-13-36-12-10-29(38)20-36)14-9-22-5-7-24(8-6-22)25-4-2-3-23(15-25)19-34/h2-8,15-18,21,29,38H,9-14,20H2,1H3,(H,35,40). The van der Waals surface area contributed by atoms with Gasteiger partial charge in [-0.05, 0) is 66.8 Å². The number of carbonyl (C=O) groups is 2. The van der Waals surface area contributed by atoms with Gasteiger partial charge in [-0.15, -0.1) is 0 Å². The normalized spacial score (nSPS) is 15.8. The summed E-state index contributed by atoms with van der Waals surface area (Å²) in [5.74, 6) is -0.464. The van der Waals surface area contributed by atoms with Crippen molar-refractivity contribution >= 4 is 40.7 Å². The number of nitrogens with zero attached hydrogens (tertiary/aromatic N) is 3. The predicted octanol–water partition coefficient (Wildman–Crippen LogP) is 5.39. The maximum absolute atomic E-state index is 13.4. The van der Waals surface area contributed by atoms with Gasteiger partial charge in [0.25, 0.3) is 0 Å². The fraction of sp³-hybridized carbons (Fsp3) is 0.323. The van der Waals surface area contributed by atoms with Gasteiger partial charge in [0, 0.05) is 48.3 Å². The topological polar surface area (TPSA) is 96.7 Å². The van der Waals surface area contributed by atoms with Crippen LogP contribution in [0.3, 0.4) is 0 Å². The van der Waals surface area contributed by atoms with E-state index in [1.807, 2.05) is 42.5 Å². The van der Waals surface area contributed by atoms with E-state index in [0.717, 1.165) is 23.2 Å². The molecule has 3 aromatic carbocycles. The maximum atomic E-state index is 13.4. The quantitative estimate of drug-likeness (QED) is 0.336. The molecule has 1 heterocycles. The SMILES string of the molecule is CC(C(=O)Nc1cc(Cl)cc(Cl)c1)N(CCc1ccc(-c2cccc(C#N)c2)cc1)C(=O)CCN1CCC(O)C1. The van der Waals surface area contributed by atoms with Crippen LogP contribution in [-0.4, -0.2) is 65.0 Å². The Morgan fingerprint density at radius 1 is 1.10 bits per heavy atom. The van der Waals surface area contributed by atoms with E-state index in [0.29, 0.717) is 53.8 Å². The summed E-state index contributed by atoms with van der Waals surface area (Å²) in [5, 5.41) is 22.6. The molecule has 40 heavy (non-hydrogen) atoms. The van der Waals surface area contributed by atoms with Gasteiger partial charge in [-0.3, -0.25) is 9.59 Å². The molecule has 1 fully saturated rings. The zero-order valence-electron chi connectivity index (χ0n) is 22.3. The Morgan fingerprint density at radius 3 is 2.48 bits per heavy atom. The molecule has 0 aliphatic carbocycles. The molecule has 1 saturated heterocycles. The summed E-state index contributed by atoms with van der Waals surface area (Å²) in [7, 11) is 0. The molecule has 0 bridgehead atoms. The molecular weight excluding hydrogens is 547 g/mol. The lowest BCUT2D eigenvalue weighted by Gasteiger charge is -2.29. The Balaban J connectivity index is 1.45. The molecule has 2 N–H and O–H groups in total. The van der Waals surface area contributed by atoms with Gasteiger partial charge in [-0.25, -0.2) is 0 Å². The molecule has 0 spiro atoms. The summed E-state index contributed by atoms with van der Waals surface area (Å²) in [6.07, 6.45) is 1.16. The van der Waals surface area contributed by atoms with Crippen LogP contribution in [0.1, 0.15) is 30.9 Å². The lowest BCUT2D eigenvalue weighted by molar-refractivity contribution is -0.138. The van der Waals surface area contributed by atoms with E-state index in [9.17, 15) is 20.0 Å². The lowest BCUT2D eigenvalue weighted by atomic mass is 10.0. The molecule has 3 aromatic rings. The Morgan fingerprint density at radius 2 is 1.82 bits per heavy atom. The van der Waals surface area contributed by atoms with Crippen molar-refractivity contribution in [1.82, 2.24) is 9.80 Å². The fourth-order valence-electron chi connectivity index (χ4n) is 4.84. The van der Waals surface area contributed by atoms with Crippen LogP contribution in [0, 0.1) is 11.3 Å². The van der Waals surface area contributed by atoms with Crippen LogP contribution >= 0.6 is 23.2 Å². The van der Waals surface area contributed by atoms with Crippen LogP contribution in [0.4, 0.5) is 5.69 Å². The van der Waals surface area contributed by atoms with Crippen molar-refractivity contribution in [3.8, 4) is 17.2 Å². The van der Waals surface area contributed by atoms with Gasteiger partial charge in [-0.2, -0.15) is 5.26 Å². The van der Waals surface area contributed by atoms with Crippen molar-refractivity contribution in [2.75, 3.05) is 31.5 Å². The summed E-state index contributed by atoms with van der Waals surface area (Å²) in [4.78, 5) is 30.3. The number of likely N-dealkylation sites (tertiary alicyclic amines) is 1. The third kappa shape index (κ3) is 8.06. The zero-order chi connectivity index (χ0) is 28.6. The van der Waals surface area contributed by atoms with E-state index < -0.39 is 6.04 Å². The highest BCUT2D eigenvalue weighted by Crippen LogP contribution is 2.24. The number of aliphatic hydroxyl groups is 1. The number of amides is 2. The molecule has 4 rings (SSSR count). The van der Waals surface area contributed by atoms with Crippen molar-refractivity contribution < 1.29 is 14.7 Å². The Bertz CT molecular complexity index is 1370. The first-order chi connectivity index (χ1) is 19.2. The zero-order valence-corrected chi connectivity index (χ0v) is 23.8. The number of anilines is 1. The number of nitrogens with one attached hydrogen (secondary N) is 1. The number of carbonyl (C=O) groups excluding carboxylic acids is 2.